The fourth-order valence-corrected chi connectivity index (χ4v) is 6.01. The predicted octanol–water partition coefficient (Wildman–Crippen LogP) is 12.2. The summed E-state index contributed by atoms with van der Waals surface area (Å²) in [6, 6.07) is 0. The molecule has 0 saturated carbocycles. The molecule has 0 fully saturated rings. The Morgan fingerprint density at radius 2 is 0.982 bits per heavy atom. The maximum absolute atomic E-state index is 12.7. The van der Waals surface area contributed by atoms with Crippen molar-refractivity contribution in [1.29, 1.82) is 0 Å². The van der Waals surface area contributed by atoms with Gasteiger partial charge in [0.2, 0.25) is 0 Å². The van der Waals surface area contributed by atoms with Crippen molar-refractivity contribution in [2.24, 2.45) is 0 Å². The SMILES string of the molecule is CCCCC/C=C\C/C=C\C/C=C\CCCCC(=O)OC[C@H](COP(=O)(O)OCC[N+](C)(C)C)OC(=O)CCC/C=C\C/C=C\C/C=C\CCCCCCCC. The zero-order valence-electron chi connectivity index (χ0n) is 36.1. The van der Waals surface area contributed by atoms with E-state index in [-0.39, 0.29) is 26.1 Å². The molecule has 0 aliphatic heterocycles. The molecule has 0 aromatic carbocycles. The van der Waals surface area contributed by atoms with Gasteiger partial charge in [-0.05, 0) is 83.5 Å². The maximum Gasteiger partial charge on any atom is 0.472 e. The standard InChI is InChI=1S/C46H80NO8P/c1-6-8-10-12-14-16-18-20-22-23-25-27-29-31-33-35-37-39-46(49)55-44(43-54-56(50,51)53-41-40-47(3,4)5)42-52-45(48)38-36-34-32-30-28-26-24-21-19-17-15-13-11-9-7-2/h15,17,20-22,24-25,27-28,30-31,33,44H,6-14,16,18-19,23,26,29,32,34-43H2,1-5H3/p+1/b17-15-,22-20-,24-21-,27-25-,30-28-,33-31-/t44-/m1/s1. The van der Waals surface area contributed by atoms with Crippen LogP contribution in [0.4, 0.5) is 0 Å². The van der Waals surface area contributed by atoms with Gasteiger partial charge in [0, 0.05) is 12.8 Å². The first kappa shape index (κ1) is 53.5. The Morgan fingerprint density at radius 3 is 1.52 bits per heavy atom. The molecular formula is C46H81NO8P+. The summed E-state index contributed by atoms with van der Waals surface area (Å²) in [6.45, 7) is 4.26. The minimum absolute atomic E-state index is 0.0130. The van der Waals surface area contributed by atoms with Crippen LogP contribution in [0, 0.1) is 0 Å². The van der Waals surface area contributed by atoms with Crippen LogP contribution in [0.2, 0.25) is 0 Å². The number of carbonyl (C=O) groups excluding carboxylic acids is 2. The van der Waals surface area contributed by atoms with Crippen LogP contribution in [0.5, 0.6) is 0 Å². The van der Waals surface area contributed by atoms with Gasteiger partial charge in [0.1, 0.15) is 19.8 Å². The van der Waals surface area contributed by atoms with Crippen LogP contribution in [0.15, 0.2) is 72.9 Å². The molecule has 9 nitrogen and oxygen atoms in total. The Hall–Kier alpha value is -2.55. The Bertz CT molecular complexity index is 1180. The number of quaternary nitrogens is 1. The average Bonchev–Trinajstić information content (AvgIpc) is 3.15. The van der Waals surface area contributed by atoms with Crippen LogP contribution in [-0.2, 0) is 32.7 Å². The smallest absolute Gasteiger partial charge is 0.462 e. The molecule has 1 unspecified atom stereocenters. The van der Waals surface area contributed by atoms with E-state index < -0.39 is 32.5 Å². The summed E-state index contributed by atoms with van der Waals surface area (Å²) in [6.07, 6.45) is 46.8. The lowest BCUT2D eigenvalue weighted by Crippen LogP contribution is -2.37. The molecule has 0 saturated heterocycles. The molecule has 0 spiro atoms. The maximum atomic E-state index is 12.7. The number of hydrogen-bond acceptors (Lipinski definition) is 7. The number of esters is 2. The summed E-state index contributed by atoms with van der Waals surface area (Å²) >= 11 is 0. The summed E-state index contributed by atoms with van der Waals surface area (Å²) in [7, 11) is 1.41. The number of unbranched alkanes of at least 4 members (excludes halogenated alkanes) is 12. The topological polar surface area (TPSA) is 108 Å². The van der Waals surface area contributed by atoms with Gasteiger partial charge >= 0.3 is 19.8 Å². The molecule has 322 valence electrons. The predicted molar refractivity (Wildman–Crippen MR) is 233 cm³/mol. The monoisotopic (exact) mass is 807 g/mol. The molecule has 0 heterocycles. The van der Waals surface area contributed by atoms with Crippen molar-refractivity contribution in [2.45, 2.75) is 161 Å². The zero-order chi connectivity index (χ0) is 41.4. The van der Waals surface area contributed by atoms with E-state index in [2.05, 4.69) is 80.7 Å². The van der Waals surface area contributed by atoms with Gasteiger partial charge in [-0.25, -0.2) is 4.57 Å². The third-order valence-corrected chi connectivity index (χ3v) is 9.69. The summed E-state index contributed by atoms with van der Waals surface area (Å²) in [5, 5.41) is 0. The van der Waals surface area contributed by atoms with Gasteiger partial charge in [0.05, 0.1) is 27.7 Å². The highest BCUT2D eigenvalue weighted by Crippen LogP contribution is 2.43. The number of ether oxygens (including phenoxy) is 2. The van der Waals surface area contributed by atoms with E-state index in [0.29, 0.717) is 30.3 Å². The molecule has 0 bridgehead atoms. The largest absolute Gasteiger partial charge is 0.472 e. The van der Waals surface area contributed by atoms with Crippen LogP contribution in [0.3, 0.4) is 0 Å². The van der Waals surface area contributed by atoms with Crippen LogP contribution in [0.25, 0.3) is 0 Å². The fourth-order valence-electron chi connectivity index (χ4n) is 5.27. The molecule has 0 amide bonds. The van der Waals surface area contributed by atoms with E-state index in [1.807, 2.05) is 27.2 Å². The minimum atomic E-state index is -4.40. The van der Waals surface area contributed by atoms with Crippen molar-refractivity contribution in [3.8, 4) is 0 Å². The molecule has 1 N–H and O–H groups in total. The van der Waals surface area contributed by atoms with E-state index in [4.69, 9.17) is 18.5 Å². The van der Waals surface area contributed by atoms with Gasteiger partial charge in [0.25, 0.3) is 0 Å². The van der Waals surface area contributed by atoms with Crippen molar-refractivity contribution in [3.05, 3.63) is 72.9 Å². The first-order chi connectivity index (χ1) is 27.0. The number of carbonyl (C=O) groups is 2. The van der Waals surface area contributed by atoms with E-state index in [1.165, 1.54) is 57.8 Å². The van der Waals surface area contributed by atoms with Crippen LogP contribution in [0.1, 0.15) is 155 Å². The van der Waals surface area contributed by atoms with Gasteiger partial charge in [-0.15, -0.1) is 0 Å². The highest BCUT2D eigenvalue weighted by molar-refractivity contribution is 7.47. The number of phosphoric ester groups is 1. The molecule has 0 aromatic heterocycles. The summed E-state index contributed by atoms with van der Waals surface area (Å²) in [5.74, 6) is -0.912. The summed E-state index contributed by atoms with van der Waals surface area (Å²) < 4.78 is 34.2. The third kappa shape index (κ3) is 41.1. The van der Waals surface area contributed by atoms with Crippen molar-refractivity contribution < 1.29 is 42.1 Å². The Balaban J connectivity index is 4.54. The van der Waals surface area contributed by atoms with E-state index in [1.54, 1.807) is 0 Å². The van der Waals surface area contributed by atoms with E-state index in [0.717, 1.165) is 51.4 Å². The lowest BCUT2D eigenvalue weighted by atomic mass is 10.1. The number of hydrogen-bond donors (Lipinski definition) is 1. The van der Waals surface area contributed by atoms with Gasteiger partial charge in [-0.1, -0.05) is 132 Å². The lowest BCUT2D eigenvalue weighted by molar-refractivity contribution is -0.870. The van der Waals surface area contributed by atoms with E-state index >= 15 is 0 Å². The minimum Gasteiger partial charge on any atom is -0.462 e. The number of phosphoric acid groups is 1. The quantitative estimate of drug-likeness (QED) is 0.0216. The van der Waals surface area contributed by atoms with Gasteiger partial charge in [-0.3, -0.25) is 18.6 Å². The van der Waals surface area contributed by atoms with Crippen LogP contribution >= 0.6 is 7.82 Å². The van der Waals surface area contributed by atoms with Crippen LogP contribution < -0.4 is 0 Å². The molecule has 56 heavy (non-hydrogen) atoms. The van der Waals surface area contributed by atoms with Crippen molar-refractivity contribution in [2.75, 3.05) is 47.5 Å². The van der Waals surface area contributed by atoms with E-state index in [9.17, 15) is 19.0 Å². The molecule has 0 aromatic rings. The molecule has 2 atom stereocenters. The molecular weight excluding hydrogens is 725 g/mol. The highest BCUT2D eigenvalue weighted by atomic mass is 31.2. The number of nitrogens with zero attached hydrogens (tertiary/aromatic N) is 1. The lowest BCUT2D eigenvalue weighted by Gasteiger charge is -2.24. The molecule has 0 aliphatic carbocycles. The normalized spacial score (nSPS) is 14.3. The Kier molecular flexibility index (Phi) is 36.3. The fraction of sp³-hybridized carbons (Fsp3) is 0.696. The summed E-state index contributed by atoms with van der Waals surface area (Å²) in [4.78, 5) is 35.3. The zero-order valence-corrected chi connectivity index (χ0v) is 37.0. The first-order valence-corrected chi connectivity index (χ1v) is 23.2. The summed E-state index contributed by atoms with van der Waals surface area (Å²) in [5.41, 5.74) is 0. The molecule has 0 aliphatic rings. The second kappa shape index (κ2) is 38.0. The van der Waals surface area contributed by atoms with Gasteiger partial charge in [0.15, 0.2) is 6.10 Å². The average molecular weight is 807 g/mol. The number of allylic oxidation sites excluding steroid dienone is 12. The second-order valence-electron chi connectivity index (χ2n) is 15.4. The molecule has 0 radical (unpaired) electrons. The van der Waals surface area contributed by atoms with Crippen LogP contribution in [-0.4, -0.2) is 74.9 Å². The van der Waals surface area contributed by atoms with Gasteiger partial charge < -0.3 is 18.9 Å². The third-order valence-electron chi connectivity index (χ3n) is 8.71. The molecule has 0 rings (SSSR count). The van der Waals surface area contributed by atoms with Crippen molar-refractivity contribution in [3.63, 3.8) is 0 Å². The Labute approximate surface area is 342 Å². The van der Waals surface area contributed by atoms with Crippen molar-refractivity contribution >= 4 is 19.8 Å². The number of rotatable bonds is 38. The molecule has 10 heteroatoms. The second-order valence-corrected chi connectivity index (χ2v) is 16.8. The van der Waals surface area contributed by atoms with Crippen molar-refractivity contribution in [1.82, 2.24) is 0 Å². The number of likely N-dealkylation sites (N-methyl/N-ethyl adjacent to an activating group) is 1. The highest BCUT2D eigenvalue weighted by Gasteiger charge is 2.27. The van der Waals surface area contributed by atoms with Gasteiger partial charge in [-0.2, -0.15) is 0 Å². The Morgan fingerprint density at radius 1 is 0.554 bits per heavy atom. The first-order valence-electron chi connectivity index (χ1n) is 21.7.